The zero-order valence-electron chi connectivity index (χ0n) is 11.4. The molecule has 0 saturated carbocycles. The Morgan fingerprint density at radius 3 is 2.33 bits per heavy atom. The number of rotatable bonds is 4. The van der Waals surface area contributed by atoms with Gasteiger partial charge >= 0.3 is 10.2 Å². The fourth-order valence-corrected chi connectivity index (χ4v) is 3.52. The lowest BCUT2D eigenvalue weighted by atomic mass is 10.2. The molecule has 0 spiro atoms. The molecule has 8 nitrogen and oxygen atoms in total. The number of hydrogen-bond donors (Lipinski definition) is 2. The summed E-state index contributed by atoms with van der Waals surface area (Å²) in [6.07, 6.45) is 3.59. The second kappa shape index (κ2) is 6.27. The summed E-state index contributed by atoms with van der Waals surface area (Å²) in [6.45, 7) is 0.867. The minimum Gasteiger partial charge on any atom is -0.505 e. The van der Waals surface area contributed by atoms with Crippen molar-refractivity contribution in [2.24, 2.45) is 0 Å². The molecule has 1 aliphatic rings. The van der Waals surface area contributed by atoms with Gasteiger partial charge in [-0.15, -0.1) is 0 Å². The number of aromatic hydroxyl groups is 1. The highest BCUT2D eigenvalue weighted by Gasteiger charge is 2.24. The number of non-ortho nitro benzene ring substituents is 1. The van der Waals surface area contributed by atoms with Crippen LogP contribution >= 0.6 is 0 Å². The number of nitrogens with zero attached hydrogens (tertiary/aromatic N) is 2. The van der Waals surface area contributed by atoms with E-state index in [9.17, 15) is 23.6 Å². The summed E-state index contributed by atoms with van der Waals surface area (Å²) < 4.78 is 28.1. The molecule has 1 aliphatic heterocycles. The molecule has 2 N–H and O–H groups in total. The fraction of sp³-hybridized carbons (Fsp3) is 0.500. The molecule has 0 radical (unpaired) electrons. The maximum absolute atomic E-state index is 12.2. The zero-order chi connectivity index (χ0) is 15.5. The molecule has 21 heavy (non-hydrogen) atoms. The minimum atomic E-state index is -3.76. The molecule has 0 amide bonds. The molecule has 116 valence electrons. The Kier molecular flexibility index (Phi) is 4.63. The number of anilines is 1. The van der Waals surface area contributed by atoms with Gasteiger partial charge in [-0.2, -0.15) is 12.7 Å². The van der Waals surface area contributed by atoms with E-state index in [1.165, 1.54) is 10.4 Å². The number of nitrogens with one attached hydrogen (secondary N) is 1. The van der Waals surface area contributed by atoms with Crippen molar-refractivity contribution in [3.05, 3.63) is 28.3 Å². The molecule has 1 saturated heterocycles. The number of hydrogen-bond acceptors (Lipinski definition) is 5. The Labute approximate surface area is 122 Å². The van der Waals surface area contributed by atoms with Gasteiger partial charge in [0, 0.05) is 19.2 Å². The van der Waals surface area contributed by atoms with E-state index in [4.69, 9.17) is 0 Å². The van der Waals surface area contributed by atoms with Gasteiger partial charge in [-0.05, 0) is 18.9 Å². The van der Waals surface area contributed by atoms with Crippen LogP contribution in [0.5, 0.6) is 5.75 Å². The molecular formula is C12H17N3O5S. The first-order valence-corrected chi connectivity index (χ1v) is 8.09. The predicted molar refractivity (Wildman–Crippen MR) is 77.3 cm³/mol. The fourth-order valence-electron chi connectivity index (χ4n) is 2.21. The van der Waals surface area contributed by atoms with E-state index in [2.05, 4.69) is 4.72 Å². The third-order valence-corrected chi connectivity index (χ3v) is 4.86. The second-order valence-corrected chi connectivity index (χ2v) is 6.55. The van der Waals surface area contributed by atoms with Crippen LogP contribution in [0.2, 0.25) is 0 Å². The van der Waals surface area contributed by atoms with Crippen LogP contribution in [-0.2, 0) is 10.2 Å². The third-order valence-electron chi connectivity index (χ3n) is 3.34. The summed E-state index contributed by atoms with van der Waals surface area (Å²) in [5.74, 6) is -0.470. The first kappa shape index (κ1) is 15.5. The molecule has 0 aromatic heterocycles. The maximum Gasteiger partial charge on any atom is 0.301 e. The first-order chi connectivity index (χ1) is 9.90. The lowest BCUT2D eigenvalue weighted by Gasteiger charge is -2.21. The Balaban J connectivity index is 2.18. The van der Waals surface area contributed by atoms with Crippen LogP contribution in [0.1, 0.15) is 25.7 Å². The molecular weight excluding hydrogens is 298 g/mol. The Bertz CT molecular complexity index is 624. The van der Waals surface area contributed by atoms with Crippen LogP contribution in [0, 0.1) is 10.1 Å². The molecule has 1 heterocycles. The average Bonchev–Trinajstić information content (AvgIpc) is 2.70. The quantitative estimate of drug-likeness (QED) is 0.500. The molecule has 1 aromatic rings. The zero-order valence-corrected chi connectivity index (χ0v) is 12.2. The van der Waals surface area contributed by atoms with Crippen molar-refractivity contribution in [3.63, 3.8) is 0 Å². The number of nitro groups is 1. The summed E-state index contributed by atoms with van der Waals surface area (Å²) in [5, 5.41) is 20.3. The van der Waals surface area contributed by atoms with Crippen LogP contribution < -0.4 is 4.72 Å². The van der Waals surface area contributed by atoms with E-state index in [-0.39, 0.29) is 11.4 Å². The van der Waals surface area contributed by atoms with Gasteiger partial charge in [0.1, 0.15) is 5.75 Å². The monoisotopic (exact) mass is 315 g/mol. The second-order valence-electron chi connectivity index (χ2n) is 4.88. The van der Waals surface area contributed by atoms with Gasteiger partial charge in [0.15, 0.2) is 0 Å². The molecule has 1 aromatic carbocycles. The number of benzene rings is 1. The highest BCUT2D eigenvalue weighted by Crippen LogP contribution is 2.29. The summed E-state index contributed by atoms with van der Waals surface area (Å²) in [6, 6.07) is 3.24. The standard InChI is InChI=1S/C12H17N3O5S/c16-12-9-10(15(17)18)5-6-11(12)13-21(19,20)14-7-3-1-2-4-8-14/h5-6,9,13,16H,1-4,7-8H2. The number of phenolic OH excluding ortho intramolecular Hbond substituents is 1. The van der Waals surface area contributed by atoms with Crippen molar-refractivity contribution in [1.29, 1.82) is 0 Å². The van der Waals surface area contributed by atoms with Gasteiger partial charge in [0.2, 0.25) is 0 Å². The molecule has 0 unspecified atom stereocenters. The molecule has 0 aliphatic carbocycles. The van der Waals surface area contributed by atoms with Crippen molar-refractivity contribution >= 4 is 21.6 Å². The summed E-state index contributed by atoms with van der Waals surface area (Å²) in [5.41, 5.74) is -0.366. The van der Waals surface area contributed by atoms with Crippen LogP contribution in [0.3, 0.4) is 0 Å². The summed E-state index contributed by atoms with van der Waals surface area (Å²) in [4.78, 5) is 9.92. The van der Waals surface area contributed by atoms with Crippen molar-refractivity contribution in [1.82, 2.24) is 4.31 Å². The van der Waals surface area contributed by atoms with Gasteiger partial charge in [-0.3, -0.25) is 14.8 Å². The van der Waals surface area contributed by atoms with Gasteiger partial charge in [0.05, 0.1) is 16.7 Å². The third kappa shape index (κ3) is 3.82. The van der Waals surface area contributed by atoms with Gasteiger partial charge < -0.3 is 5.11 Å². The Morgan fingerprint density at radius 2 is 1.81 bits per heavy atom. The van der Waals surface area contributed by atoms with E-state index in [0.29, 0.717) is 13.1 Å². The smallest absolute Gasteiger partial charge is 0.301 e. The van der Waals surface area contributed by atoms with Crippen LogP contribution in [0.25, 0.3) is 0 Å². The van der Waals surface area contributed by atoms with E-state index >= 15 is 0 Å². The van der Waals surface area contributed by atoms with E-state index in [1.54, 1.807) is 0 Å². The lowest BCUT2D eigenvalue weighted by Crippen LogP contribution is -2.36. The predicted octanol–water partition coefficient (Wildman–Crippen LogP) is 1.83. The average molecular weight is 315 g/mol. The molecule has 1 fully saturated rings. The number of phenols is 1. The first-order valence-electron chi connectivity index (χ1n) is 6.65. The van der Waals surface area contributed by atoms with Crippen molar-refractivity contribution in [2.45, 2.75) is 25.7 Å². The van der Waals surface area contributed by atoms with E-state index in [0.717, 1.165) is 37.8 Å². The minimum absolute atomic E-state index is 0.0650. The topological polar surface area (TPSA) is 113 Å². The van der Waals surface area contributed by atoms with Crippen molar-refractivity contribution < 1.29 is 18.4 Å². The van der Waals surface area contributed by atoms with Gasteiger partial charge in [-0.1, -0.05) is 12.8 Å². The van der Waals surface area contributed by atoms with Crippen LogP contribution in [-0.4, -0.2) is 35.8 Å². The lowest BCUT2D eigenvalue weighted by molar-refractivity contribution is -0.384. The highest BCUT2D eigenvalue weighted by molar-refractivity contribution is 7.90. The molecule has 2 rings (SSSR count). The van der Waals surface area contributed by atoms with Gasteiger partial charge in [-0.25, -0.2) is 0 Å². The maximum atomic E-state index is 12.2. The molecule has 9 heteroatoms. The van der Waals surface area contributed by atoms with Crippen molar-refractivity contribution in [2.75, 3.05) is 17.8 Å². The Morgan fingerprint density at radius 1 is 1.19 bits per heavy atom. The Hall–Kier alpha value is -1.87. The van der Waals surface area contributed by atoms with Crippen LogP contribution in [0.15, 0.2) is 18.2 Å². The summed E-state index contributed by atoms with van der Waals surface area (Å²) >= 11 is 0. The van der Waals surface area contributed by atoms with E-state index in [1.807, 2.05) is 0 Å². The van der Waals surface area contributed by atoms with Crippen molar-refractivity contribution in [3.8, 4) is 5.75 Å². The number of nitro benzene ring substituents is 1. The van der Waals surface area contributed by atoms with E-state index < -0.39 is 20.9 Å². The molecule has 0 bridgehead atoms. The highest BCUT2D eigenvalue weighted by atomic mass is 32.2. The largest absolute Gasteiger partial charge is 0.505 e. The normalized spacial score (nSPS) is 17.1. The van der Waals surface area contributed by atoms with Crippen LogP contribution in [0.4, 0.5) is 11.4 Å². The molecule has 0 atom stereocenters. The van der Waals surface area contributed by atoms with Gasteiger partial charge in [0.25, 0.3) is 5.69 Å². The summed E-state index contributed by atoms with van der Waals surface area (Å²) in [7, 11) is -3.76. The SMILES string of the molecule is O=[N+]([O-])c1ccc(NS(=O)(=O)N2CCCCCC2)c(O)c1.